The van der Waals surface area contributed by atoms with Crippen molar-refractivity contribution in [3.8, 4) is 0 Å². The number of aliphatic hydroxyl groups is 10. The van der Waals surface area contributed by atoms with Crippen LogP contribution in [0.4, 0.5) is 0 Å². The van der Waals surface area contributed by atoms with E-state index in [0.717, 1.165) is 11.8 Å². The number of rotatable bonds is 8. The monoisotopic (exact) mass is 534 g/mol. The van der Waals surface area contributed by atoms with Crippen molar-refractivity contribution in [1.29, 1.82) is 0 Å². The van der Waals surface area contributed by atoms with Gasteiger partial charge in [0.25, 0.3) is 0 Å². The molecule has 0 aromatic heterocycles. The molecule has 3 aliphatic rings. The van der Waals surface area contributed by atoms with Gasteiger partial charge in [0.2, 0.25) is 0 Å². The maximum Gasteiger partial charge on any atom is 0.187 e. The average molecular weight is 535 g/mol. The molecule has 0 amide bonds. The summed E-state index contributed by atoms with van der Waals surface area (Å²) in [4.78, 5) is 0. The molecule has 0 radical (unpaired) electrons. The lowest BCUT2D eigenvalue weighted by Gasteiger charge is -2.46. The molecule has 3 fully saturated rings. The Morgan fingerprint density at radius 3 is 1.89 bits per heavy atom. The third kappa shape index (κ3) is 6.09. The third-order valence-electron chi connectivity index (χ3n) is 6.29. The summed E-state index contributed by atoms with van der Waals surface area (Å²) >= 11 is 0.872. The number of ether oxygens (including phenoxy) is 5. The number of methoxy groups -OCH3 is 1. The molecule has 0 spiro atoms. The highest BCUT2D eigenvalue weighted by atomic mass is 32.2. The summed E-state index contributed by atoms with van der Waals surface area (Å²) < 4.78 is 27.0. The van der Waals surface area contributed by atoms with Crippen molar-refractivity contribution < 1.29 is 74.7 Å². The molecule has 10 N–H and O–H groups in total. The van der Waals surface area contributed by atoms with Crippen LogP contribution in [-0.4, -0.2) is 168 Å². The van der Waals surface area contributed by atoms with Gasteiger partial charge in [0, 0.05) is 7.11 Å². The fourth-order valence-electron chi connectivity index (χ4n) is 4.13. The van der Waals surface area contributed by atoms with Crippen LogP contribution in [0.5, 0.6) is 0 Å². The van der Waals surface area contributed by atoms with Crippen LogP contribution in [0.3, 0.4) is 0 Å². The molecule has 3 aliphatic heterocycles. The second-order valence-electron chi connectivity index (χ2n) is 8.59. The SMILES string of the molecule is CO[C@H]1O[C@@H](CO[C@H]2S[C@@H](CO)[C@@H](O)[C@H](O)[C@H]2O)[C@@H](O)[C@H](O[C@H]2O[C@@H](CO)[C@@H](O)[C@H](O)[C@H]2O)[C@H]1O. The van der Waals surface area contributed by atoms with Gasteiger partial charge in [-0.25, -0.2) is 0 Å². The summed E-state index contributed by atoms with van der Waals surface area (Å²) in [5, 5.41) is 99.5. The Bertz CT molecular complexity index is 658. The Morgan fingerprint density at radius 1 is 0.657 bits per heavy atom. The van der Waals surface area contributed by atoms with Crippen LogP contribution in [0.2, 0.25) is 0 Å². The Labute approximate surface area is 204 Å². The molecule has 35 heavy (non-hydrogen) atoms. The molecule has 0 saturated carbocycles. The van der Waals surface area contributed by atoms with E-state index < -0.39 is 110 Å². The number of thioether (sulfide) groups is 1. The molecule has 16 heteroatoms. The summed E-state index contributed by atoms with van der Waals surface area (Å²) in [6, 6.07) is 0. The smallest absolute Gasteiger partial charge is 0.187 e. The molecular formula is C19H34O15S. The van der Waals surface area contributed by atoms with Crippen molar-refractivity contribution in [2.45, 2.75) is 90.4 Å². The third-order valence-corrected chi connectivity index (χ3v) is 7.75. The number of aliphatic hydroxyl groups excluding tert-OH is 10. The standard InChI is InChI=1S/C19H34O15S/c1-30-17-15(29)16(34-18-13(27)11(25)8(22)5(2-20)32-18)9(23)6(33-17)4-31-19-14(28)12(26)10(24)7(3-21)35-19/h5-29H,2-4H2,1H3/t5-,6-,7-,8+,9+,10+,11-,12-,13+,14+,15+,16-,17-,18+,19-/m0/s1. The van der Waals surface area contributed by atoms with Crippen LogP contribution < -0.4 is 0 Å². The second-order valence-corrected chi connectivity index (χ2v) is 9.93. The van der Waals surface area contributed by atoms with Crippen molar-refractivity contribution in [3.05, 3.63) is 0 Å². The fourth-order valence-corrected chi connectivity index (χ4v) is 5.36. The zero-order chi connectivity index (χ0) is 26.0. The average Bonchev–Trinajstić information content (AvgIpc) is 2.85. The molecule has 0 aliphatic carbocycles. The predicted molar refractivity (Wildman–Crippen MR) is 113 cm³/mol. The minimum atomic E-state index is -1.79. The van der Waals surface area contributed by atoms with E-state index in [1.54, 1.807) is 0 Å². The van der Waals surface area contributed by atoms with E-state index in [0.29, 0.717) is 0 Å². The maximum atomic E-state index is 10.8. The molecule has 0 aromatic carbocycles. The zero-order valence-electron chi connectivity index (χ0n) is 18.7. The first-order valence-corrected chi connectivity index (χ1v) is 11.9. The van der Waals surface area contributed by atoms with Gasteiger partial charge in [-0.1, -0.05) is 0 Å². The minimum absolute atomic E-state index is 0.419. The molecule has 206 valence electrons. The highest BCUT2D eigenvalue weighted by molar-refractivity contribution is 8.00. The molecule has 15 atom stereocenters. The van der Waals surface area contributed by atoms with Gasteiger partial charge in [-0.3, -0.25) is 0 Å². The first-order valence-electron chi connectivity index (χ1n) is 11.0. The number of hydrogen-bond acceptors (Lipinski definition) is 16. The molecule has 3 heterocycles. The van der Waals surface area contributed by atoms with Crippen LogP contribution >= 0.6 is 11.8 Å². The van der Waals surface area contributed by atoms with Crippen molar-refractivity contribution in [1.82, 2.24) is 0 Å². The zero-order valence-corrected chi connectivity index (χ0v) is 19.5. The Balaban J connectivity index is 1.69. The van der Waals surface area contributed by atoms with Crippen LogP contribution in [0.25, 0.3) is 0 Å². The summed E-state index contributed by atoms with van der Waals surface area (Å²) in [5.74, 6) is 0. The highest BCUT2D eigenvalue weighted by Gasteiger charge is 2.51. The predicted octanol–water partition coefficient (Wildman–Crippen LogP) is -6.20. The first-order chi connectivity index (χ1) is 16.5. The quantitative estimate of drug-likeness (QED) is 0.139. The van der Waals surface area contributed by atoms with Crippen molar-refractivity contribution in [2.24, 2.45) is 0 Å². The van der Waals surface area contributed by atoms with Crippen molar-refractivity contribution in [2.75, 3.05) is 26.9 Å². The van der Waals surface area contributed by atoms with Crippen LogP contribution in [0, 0.1) is 0 Å². The minimum Gasteiger partial charge on any atom is -0.395 e. The van der Waals surface area contributed by atoms with Gasteiger partial charge in [0.1, 0.15) is 66.5 Å². The van der Waals surface area contributed by atoms with E-state index in [1.165, 1.54) is 7.11 Å². The van der Waals surface area contributed by atoms with Crippen molar-refractivity contribution >= 4 is 11.8 Å². The van der Waals surface area contributed by atoms with Gasteiger partial charge in [0.15, 0.2) is 12.6 Å². The Hall–Kier alpha value is -0.250. The second kappa shape index (κ2) is 12.5. The van der Waals surface area contributed by atoms with Crippen molar-refractivity contribution in [3.63, 3.8) is 0 Å². The van der Waals surface area contributed by atoms with Gasteiger partial charge in [0.05, 0.1) is 31.2 Å². The molecule has 0 unspecified atom stereocenters. The molecule has 0 aromatic rings. The van der Waals surface area contributed by atoms with E-state index >= 15 is 0 Å². The lowest BCUT2D eigenvalue weighted by Crippen LogP contribution is -2.65. The lowest BCUT2D eigenvalue weighted by atomic mass is 9.97. The molecule has 3 saturated heterocycles. The highest BCUT2D eigenvalue weighted by Crippen LogP contribution is 2.35. The first kappa shape index (κ1) is 29.3. The van der Waals surface area contributed by atoms with E-state index in [2.05, 4.69) is 0 Å². The number of hydrogen-bond donors (Lipinski definition) is 10. The summed E-state index contributed by atoms with van der Waals surface area (Å²) in [6.07, 6.45) is -19.9. The largest absolute Gasteiger partial charge is 0.395 e. The van der Waals surface area contributed by atoms with Gasteiger partial charge in [-0.15, -0.1) is 11.8 Å². The summed E-state index contributed by atoms with van der Waals surface area (Å²) in [5.41, 5.74) is -1.11. The van der Waals surface area contributed by atoms with Crippen LogP contribution in [0.1, 0.15) is 0 Å². The molecule has 15 nitrogen and oxygen atoms in total. The fraction of sp³-hybridized carbons (Fsp3) is 1.00. The normalized spacial score (nSPS) is 51.3. The van der Waals surface area contributed by atoms with E-state index in [4.69, 9.17) is 23.7 Å². The summed E-state index contributed by atoms with van der Waals surface area (Å²) in [7, 11) is 1.21. The van der Waals surface area contributed by atoms with Crippen LogP contribution in [-0.2, 0) is 23.7 Å². The van der Waals surface area contributed by atoms with E-state index in [-0.39, 0.29) is 0 Å². The van der Waals surface area contributed by atoms with Crippen LogP contribution in [0.15, 0.2) is 0 Å². The topological polar surface area (TPSA) is 248 Å². The Morgan fingerprint density at radius 2 is 1.29 bits per heavy atom. The van der Waals surface area contributed by atoms with E-state index in [1.807, 2.05) is 0 Å². The van der Waals surface area contributed by atoms with E-state index in [9.17, 15) is 51.1 Å². The van der Waals surface area contributed by atoms with Gasteiger partial charge >= 0.3 is 0 Å². The van der Waals surface area contributed by atoms with Gasteiger partial charge in [-0.05, 0) is 0 Å². The molecular weight excluding hydrogens is 500 g/mol. The molecule has 0 bridgehead atoms. The Kier molecular flexibility index (Phi) is 10.5. The summed E-state index contributed by atoms with van der Waals surface area (Å²) in [6.45, 7) is -1.62. The van der Waals surface area contributed by atoms with Gasteiger partial charge < -0.3 is 74.7 Å². The molecule has 3 rings (SSSR count). The maximum absolute atomic E-state index is 10.8. The van der Waals surface area contributed by atoms with Gasteiger partial charge in [-0.2, -0.15) is 0 Å². The lowest BCUT2D eigenvalue weighted by molar-refractivity contribution is -0.359.